The molecule has 1 atom stereocenters. The molecule has 0 heterocycles. The number of phenolic OH excluding ortho intramolecular Hbond substituents is 2. The SMILES string of the molecule is Cc1cc(O)cc(S(=O)Oc2ccccc2)c1O. The lowest BCUT2D eigenvalue weighted by Gasteiger charge is -2.08. The molecule has 0 aliphatic heterocycles. The molecule has 2 rings (SSSR count). The molecule has 0 aromatic heterocycles. The van der Waals surface area contributed by atoms with Gasteiger partial charge in [-0.2, -0.15) is 0 Å². The van der Waals surface area contributed by atoms with Crippen LogP contribution in [0.2, 0.25) is 0 Å². The van der Waals surface area contributed by atoms with Crippen LogP contribution in [-0.2, 0) is 11.1 Å². The molecule has 18 heavy (non-hydrogen) atoms. The van der Waals surface area contributed by atoms with Crippen LogP contribution in [0.3, 0.4) is 0 Å². The molecule has 0 aliphatic carbocycles. The number of para-hydroxylation sites is 1. The Bertz CT molecular complexity index is 581. The van der Waals surface area contributed by atoms with Crippen LogP contribution in [0.15, 0.2) is 47.4 Å². The minimum absolute atomic E-state index is 0.0522. The normalized spacial score (nSPS) is 12.1. The molecule has 0 radical (unpaired) electrons. The third kappa shape index (κ3) is 2.62. The predicted molar refractivity (Wildman–Crippen MR) is 68.0 cm³/mol. The van der Waals surface area contributed by atoms with Crippen molar-refractivity contribution in [2.24, 2.45) is 0 Å². The second-order valence-electron chi connectivity index (χ2n) is 3.74. The van der Waals surface area contributed by atoms with Crippen LogP contribution in [0.4, 0.5) is 0 Å². The summed E-state index contributed by atoms with van der Waals surface area (Å²) in [5, 5.41) is 19.2. The molecule has 2 aromatic carbocycles. The van der Waals surface area contributed by atoms with Crippen molar-refractivity contribution >= 4 is 11.1 Å². The van der Waals surface area contributed by atoms with E-state index in [4.69, 9.17) is 4.18 Å². The Morgan fingerprint density at radius 2 is 1.78 bits per heavy atom. The molecule has 0 fully saturated rings. The van der Waals surface area contributed by atoms with Crippen molar-refractivity contribution in [3.05, 3.63) is 48.0 Å². The Morgan fingerprint density at radius 3 is 2.44 bits per heavy atom. The number of aromatic hydroxyl groups is 2. The van der Waals surface area contributed by atoms with Crippen molar-refractivity contribution in [3.63, 3.8) is 0 Å². The lowest BCUT2D eigenvalue weighted by molar-refractivity contribution is 0.440. The van der Waals surface area contributed by atoms with Crippen molar-refractivity contribution in [3.8, 4) is 17.2 Å². The van der Waals surface area contributed by atoms with Crippen molar-refractivity contribution in [2.45, 2.75) is 11.8 Å². The minimum Gasteiger partial charge on any atom is -0.508 e. The Labute approximate surface area is 107 Å². The van der Waals surface area contributed by atoms with Crippen LogP contribution in [0.25, 0.3) is 0 Å². The van der Waals surface area contributed by atoms with Crippen LogP contribution in [0.1, 0.15) is 5.56 Å². The van der Waals surface area contributed by atoms with Gasteiger partial charge in [0.25, 0.3) is 0 Å². The average molecular weight is 264 g/mol. The van der Waals surface area contributed by atoms with Crippen molar-refractivity contribution in [1.82, 2.24) is 0 Å². The van der Waals surface area contributed by atoms with Crippen LogP contribution in [-0.4, -0.2) is 14.4 Å². The monoisotopic (exact) mass is 264 g/mol. The first-order chi connectivity index (χ1) is 8.58. The molecule has 4 nitrogen and oxygen atoms in total. The van der Waals surface area contributed by atoms with E-state index in [1.54, 1.807) is 31.2 Å². The molecule has 94 valence electrons. The van der Waals surface area contributed by atoms with E-state index < -0.39 is 11.1 Å². The number of hydrogen-bond donors (Lipinski definition) is 2. The largest absolute Gasteiger partial charge is 0.508 e. The average Bonchev–Trinajstić information content (AvgIpc) is 2.35. The van der Waals surface area contributed by atoms with Gasteiger partial charge in [-0.3, -0.25) is 0 Å². The fourth-order valence-electron chi connectivity index (χ4n) is 1.46. The summed E-state index contributed by atoms with van der Waals surface area (Å²) in [6, 6.07) is 11.2. The number of hydrogen-bond acceptors (Lipinski definition) is 4. The van der Waals surface area contributed by atoms with Gasteiger partial charge in [-0.25, -0.2) is 4.21 Å². The Balaban J connectivity index is 2.30. The van der Waals surface area contributed by atoms with Gasteiger partial charge in [-0.1, -0.05) is 18.2 Å². The molecule has 2 aromatic rings. The van der Waals surface area contributed by atoms with Gasteiger partial charge >= 0.3 is 0 Å². The van der Waals surface area contributed by atoms with E-state index in [-0.39, 0.29) is 16.4 Å². The maximum absolute atomic E-state index is 12.0. The van der Waals surface area contributed by atoms with E-state index in [2.05, 4.69) is 0 Å². The number of aryl methyl sites for hydroxylation is 1. The molecule has 0 spiro atoms. The van der Waals surface area contributed by atoms with Gasteiger partial charge in [0.15, 0.2) is 0 Å². The molecule has 0 amide bonds. The minimum atomic E-state index is -1.88. The van der Waals surface area contributed by atoms with Gasteiger partial charge in [0.2, 0.25) is 11.1 Å². The second-order valence-corrected chi connectivity index (χ2v) is 4.82. The van der Waals surface area contributed by atoms with Gasteiger partial charge in [-0.15, -0.1) is 0 Å². The van der Waals surface area contributed by atoms with E-state index in [1.807, 2.05) is 6.07 Å². The standard InChI is InChI=1S/C13H12O4S/c1-9-7-10(14)8-12(13(9)15)18(16)17-11-5-3-2-4-6-11/h2-8,14-15H,1H3. The van der Waals surface area contributed by atoms with Crippen LogP contribution < -0.4 is 4.18 Å². The highest BCUT2D eigenvalue weighted by atomic mass is 32.2. The molecule has 0 bridgehead atoms. The molecule has 2 N–H and O–H groups in total. The number of rotatable bonds is 3. The van der Waals surface area contributed by atoms with Crippen molar-refractivity contribution in [2.75, 3.05) is 0 Å². The topological polar surface area (TPSA) is 66.8 Å². The highest BCUT2D eigenvalue weighted by Crippen LogP contribution is 2.30. The van der Waals surface area contributed by atoms with Gasteiger partial charge in [0.05, 0.1) is 0 Å². The zero-order valence-electron chi connectivity index (χ0n) is 9.66. The quantitative estimate of drug-likeness (QED) is 0.836. The summed E-state index contributed by atoms with van der Waals surface area (Å²) < 4.78 is 17.1. The molecule has 0 saturated carbocycles. The smallest absolute Gasteiger partial charge is 0.244 e. The Hall–Kier alpha value is -2.01. The summed E-state index contributed by atoms with van der Waals surface area (Å²) in [6.45, 7) is 1.61. The maximum atomic E-state index is 12.0. The Kier molecular flexibility index (Phi) is 3.53. The lowest BCUT2D eigenvalue weighted by Crippen LogP contribution is -2.02. The summed E-state index contributed by atoms with van der Waals surface area (Å²) in [4.78, 5) is 0.0522. The van der Waals surface area contributed by atoms with E-state index in [0.29, 0.717) is 11.3 Å². The molecule has 5 heteroatoms. The first kappa shape index (κ1) is 12.4. The van der Waals surface area contributed by atoms with Crippen LogP contribution in [0, 0.1) is 6.92 Å². The summed E-state index contributed by atoms with van der Waals surface area (Å²) in [5.74, 6) is 0.226. The van der Waals surface area contributed by atoms with Gasteiger partial charge in [0, 0.05) is 6.07 Å². The zero-order valence-corrected chi connectivity index (χ0v) is 10.5. The van der Waals surface area contributed by atoms with Crippen LogP contribution in [0.5, 0.6) is 17.2 Å². The first-order valence-corrected chi connectivity index (χ1v) is 6.33. The fourth-order valence-corrected chi connectivity index (χ4v) is 2.38. The third-order valence-electron chi connectivity index (χ3n) is 2.34. The predicted octanol–water partition coefficient (Wildman–Crippen LogP) is 2.51. The summed E-state index contributed by atoms with van der Waals surface area (Å²) in [6.07, 6.45) is 0. The number of benzene rings is 2. The molecular formula is C13H12O4S. The summed E-state index contributed by atoms with van der Waals surface area (Å²) >= 11 is -1.88. The molecule has 0 saturated heterocycles. The van der Waals surface area contributed by atoms with Crippen LogP contribution >= 0.6 is 0 Å². The zero-order chi connectivity index (χ0) is 13.1. The van der Waals surface area contributed by atoms with E-state index >= 15 is 0 Å². The van der Waals surface area contributed by atoms with Crippen molar-refractivity contribution < 1.29 is 18.6 Å². The fraction of sp³-hybridized carbons (Fsp3) is 0.0769. The first-order valence-electron chi connectivity index (χ1n) is 5.25. The van der Waals surface area contributed by atoms with E-state index in [0.717, 1.165) is 0 Å². The summed E-state index contributed by atoms with van der Waals surface area (Å²) in [5.41, 5.74) is 0.440. The highest BCUT2D eigenvalue weighted by Gasteiger charge is 2.15. The second kappa shape index (κ2) is 5.10. The third-order valence-corrected chi connectivity index (χ3v) is 3.36. The Morgan fingerprint density at radius 1 is 1.11 bits per heavy atom. The van der Waals surface area contributed by atoms with Crippen molar-refractivity contribution in [1.29, 1.82) is 0 Å². The van der Waals surface area contributed by atoms with E-state index in [1.165, 1.54) is 12.1 Å². The van der Waals surface area contributed by atoms with Gasteiger partial charge < -0.3 is 14.4 Å². The van der Waals surface area contributed by atoms with E-state index in [9.17, 15) is 14.4 Å². The maximum Gasteiger partial charge on any atom is 0.244 e. The van der Waals surface area contributed by atoms with Gasteiger partial charge in [-0.05, 0) is 30.7 Å². The number of phenols is 2. The highest BCUT2D eigenvalue weighted by molar-refractivity contribution is 7.80. The molecule has 1 unspecified atom stereocenters. The molecular weight excluding hydrogens is 252 g/mol. The van der Waals surface area contributed by atoms with Gasteiger partial charge in [0.1, 0.15) is 22.1 Å². The lowest BCUT2D eigenvalue weighted by atomic mass is 10.2. The molecule has 0 aliphatic rings. The summed E-state index contributed by atoms with van der Waals surface area (Å²) in [7, 11) is 0.